The SMILES string of the molecule is COc1cc(/C=C/C2=CC(=O)[C@H]3C[C@@H]2C3(C)C)cc([C@](N)(C(=O)O)C(C)C)c1[C@](N)(C(=O)O)C(C)C.Cl.Cl. The highest BCUT2D eigenvalue weighted by Gasteiger charge is 2.55. The van der Waals surface area contributed by atoms with E-state index in [0.717, 1.165) is 12.0 Å². The van der Waals surface area contributed by atoms with Crippen molar-refractivity contribution in [3.63, 3.8) is 0 Å². The van der Waals surface area contributed by atoms with E-state index in [9.17, 15) is 24.6 Å². The van der Waals surface area contributed by atoms with Crippen LogP contribution in [0.5, 0.6) is 5.75 Å². The van der Waals surface area contributed by atoms with Crippen LogP contribution in [0.3, 0.4) is 0 Å². The molecule has 0 amide bonds. The number of fused-ring (bicyclic) bond motifs is 1. The predicted molar refractivity (Wildman–Crippen MR) is 152 cm³/mol. The Balaban J connectivity index is 0.00000361. The van der Waals surface area contributed by atoms with Gasteiger partial charge in [0.2, 0.25) is 0 Å². The summed E-state index contributed by atoms with van der Waals surface area (Å²) in [6.45, 7) is 10.8. The number of aliphatic carboxylic acids is 2. The molecule has 0 heterocycles. The molecule has 212 valence electrons. The third kappa shape index (κ3) is 4.99. The molecule has 0 saturated heterocycles. The number of carboxylic acid groups (broad SMARTS) is 2. The van der Waals surface area contributed by atoms with Crippen LogP contribution in [0.25, 0.3) is 6.08 Å². The number of benzene rings is 1. The van der Waals surface area contributed by atoms with E-state index in [4.69, 9.17) is 16.2 Å². The number of rotatable bonds is 9. The fourth-order valence-electron chi connectivity index (χ4n) is 5.66. The number of methoxy groups -OCH3 is 1. The number of carbonyl (C=O) groups excluding carboxylic acids is 1. The van der Waals surface area contributed by atoms with E-state index >= 15 is 0 Å². The van der Waals surface area contributed by atoms with Crippen LogP contribution in [-0.4, -0.2) is 35.0 Å². The van der Waals surface area contributed by atoms with Crippen LogP contribution in [0.2, 0.25) is 0 Å². The van der Waals surface area contributed by atoms with Crippen molar-refractivity contribution < 1.29 is 29.3 Å². The van der Waals surface area contributed by atoms with Crippen molar-refractivity contribution >= 4 is 48.6 Å². The van der Waals surface area contributed by atoms with E-state index in [1.807, 2.05) is 6.08 Å². The number of carboxylic acids is 2. The minimum absolute atomic E-state index is 0. The maximum absolute atomic E-state index is 12.5. The number of halogens is 2. The molecule has 6 N–H and O–H groups in total. The lowest BCUT2D eigenvalue weighted by Crippen LogP contribution is -2.55. The molecule has 0 spiro atoms. The summed E-state index contributed by atoms with van der Waals surface area (Å²) in [7, 11) is 1.38. The summed E-state index contributed by atoms with van der Waals surface area (Å²) in [5.41, 5.74) is 10.6. The molecule has 10 heteroatoms. The lowest BCUT2D eigenvalue weighted by molar-refractivity contribution is -0.148. The number of nitrogens with two attached hydrogens (primary N) is 2. The van der Waals surface area contributed by atoms with Crippen molar-refractivity contribution in [1.82, 2.24) is 0 Å². The molecule has 4 rings (SSSR count). The van der Waals surface area contributed by atoms with Gasteiger partial charge in [0.05, 0.1) is 7.11 Å². The Morgan fingerprint density at radius 2 is 1.53 bits per heavy atom. The lowest BCUT2D eigenvalue weighted by atomic mass is 9.48. The van der Waals surface area contributed by atoms with E-state index in [-0.39, 0.29) is 64.7 Å². The summed E-state index contributed by atoms with van der Waals surface area (Å²) < 4.78 is 5.60. The van der Waals surface area contributed by atoms with Gasteiger partial charge in [-0.05, 0) is 64.5 Å². The number of carbonyl (C=O) groups is 3. The van der Waals surface area contributed by atoms with Crippen LogP contribution < -0.4 is 16.2 Å². The van der Waals surface area contributed by atoms with E-state index in [0.29, 0.717) is 5.56 Å². The van der Waals surface area contributed by atoms with E-state index in [2.05, 4.69) is 13.8 Å². The van der Waals surface area contributed by atoms with Gasteiger partial charge in [-0.3, -0.25) is 4.79 Å². The molecule has 1 fully saturated rings. The zero-order valence-corrected chi connectivity index (χ0v) is 24.5. The van der Waals surface area contributed by atoms with E-state index in [1.54, 1.807) is 52.0 Å². The molecule has 3 aliphatic carbocycles. The first-order valence-corrected chi connectivity index (χ1v) is 12.2. The summed E-state index contributed by atoms with van der Waals surface area (Å²) in [5, 5.41) is 20.4. The Morgan fingerprint density at radius 1 is 1.00 bits per heavy atom. The summed E-state index contributed by atoms with van der Waals surface area (Å²) in [4.78, 5) is 37.5. The minimum atomic E-state index is -1.96. The Bertz CT molecular complexity index is 1180. The Kier molecular flexibility index (Phi) is 10.1. The molecule has 0 aromatic heterocycles. The number of ketones is 1. The predicted octanol–water partition coefficient (Wildman–Crippen LogP) is 4.51. The maximum Gasteiger partial charge on any atom is 0.328 e. The lowest BCUT2D eigenvalue weighted by Gasteiger charge is -2.54. The quantitative estimate of drug-likeness (QED) is 0.338. The number of hydrogen-bond donors (Lipinski definition) is 4. The summed E-state index contributed by atoms with van der Waals surface area (Å²) in [5.74, 6) is -3.27. The van der Waals surface area contributed by atoms with Gasteiger partial charge in [-0.15, -0.1) is 24.8 Å². The van der Waals surface area contributed by atoms with Crippen LogP contribution in [0.4, 0.5) is 0 Å². The molecule has 0 unspecified atom stereocenters. The monoisotopic (exact) mass is 570 g/mol. The van der Waals surface area contributed by atoms with Gasteiger partial charge in [0.25, 0.3) is 0 Å². The minimum Gasteiger partial charge on any atom is -0.496 e. The van der Waals surface area contributed by atoms with Crippen LogP contribution in [0, 0.1) is 29.1 Å². The zero-order chi connectivity index (χ0) is 27.4. The van der Waals surface area contributed by atoms with Gasteiger partial charge in [0.1, 0.15) is 16.8 Å². The number of allylic oxidation sites excluding steroid dienone is 3. The summed E-state index contributed by atoms with van der Waals surface area (Å²) in [6.07, 6.45) is 6.14. The molecule has 38 heavy (non-hydrogen) atoms. The van der Waals surface area contributed by atoms with Gasteiger partial charge in [0, 0.05) is 11.5 Å². The average Bonchev–Trinajstić information content (AvgIpc) is 2.79. The third-order valence-electron chi connectivity index (χ3n) is 8.52. The Morgan fingerprint density at radius 3 is 1.92 bits per heavy atom. The molecule has 2 bridgehead atoms. The van der Waals surface area contributed by atoms with Gasteiger partial charge >= 0.3 is 11.9 Å². The van der Waals surface area contributed by atoms with Gasteiger partial charge in [-0.25, -0.2) is 9.59 Å². The van der Waals surface area contributed by atoms with Crippen LogP contribution in [0.15, 0.2) is 29.9 Å². The molecular formula is C28H40Cl2N2O6. The van der Waals surface area contributed by atoms with E-state index in [1.165, 1.54) is 7.11 Å². The Hall–Kier alpha value is -2.39. The van der Waals surface area contributed by atoms with Gasteiger partial charge in [-0.1, -0.05) is 53.7 Å². The van der Waals surface area contributed by atoms with E-state index < -0.39 is 34.9 Å². The van der Waals surface area contributed by atoms with Crippen molar-refractivity contribution in [3.8, 4) is 5.75 Å². The first-order valence-electron chi connectivity index (χ1n) is 12.2. The van der Waals surface area contributed by atoms with Crippen molar-refractivity contribution in [1.29, 1.82) is 0 Å². The molecule has 3 aliphatic rings. The fourth-order valence-corrected chi connectivity index (χ4v) is 5.66. The highest BCUT2D eigenvalue weighted by molar-refractivity contribution is 5.97. The first kappa shape index (κ1) is 33.6. The van der Waals surface area contributed by atoms with Gasteiger partial charge < -0.3 is 26.4 Å². The first-order chi connectivity index (χ1) is 16.5. The molecule has 1 saturated carbocycles. The van der Waals surface area contributed by atoms with Crippen molar-refractivity contribution in [2.45, 2.75) is 59.0 Å². The van der Waals surface area contributed by atoms with Gasteiger partial charge in [-0.2, -0.15) is 0 Å². The molecule has 1 aromatic carbocycles. The normalized spacial score (nSPS) is 22.9. The Labute approximate surface area is 236 Å². The maximum atomic E-state index is 12.5. The van der Waals surface area contributed by atoms with Crippen LogP contribution >= 0.6 is 24.8 Å². The molecule has 4 atom stereocenters. The zero-order valence-electron chi connectivity index (χ0n) is 22.9. The standard InChI is InChI=1S/C28H38N2O6.2ClH/c1-14(2)27(29,24(32)33)20-10-16(8-9-17-12-21(31)19-13-18(17)26(19,5)6)11-22(36-7)23(20)28(30,15(3)4)25(34)35;;/h8-12,14-15,18-19H,13,29-30H2,1-7H3,(H,32,33)(H,34,35);2*1H/b9-8+;;/t18-,19+,27-,28-;;/m0../s1. The van der Waals surface area contributed by atoms with Crippen LogP contribution in [-0.2, 0) is 25.5 Å². The fraction of sp³-hybridized carbons (Fsp3) is 0.536. The molecule has 8 nitrogen and oxygen atoms in total. The summed E-state index contributed by atoms with van der Waals surface area (Å²) >= 11 is 0. The second-order valence-corrected chi connectivity index (χ2v) is 11.3. The summed E-state index contributed by atoms with van der Waals surface area (Å²) in [6, 6.07) is 3.21. The molecule has 0 radical (unpaired) electrons. The number of ether oxygens (including phenoxy) is 1. The molecular weight excluding hydrogens is 531 g/mol. The average molecular weight is 572 g/mol. The topological polar surface area (TPSA) is 153 Å². The van der Waals surface area contributed by atoms with Gasteiger partial charge in [0.15, 0.2) is 5.78 Å². The highest BCUT2D eigenvalue weighted by atomic mass is 35.5. The largest absolute Gasteiger partial charge is 0.496 e. The third-order valence-corrected chi connectivity index (χ3v) is 8.52. The van der Waals surface area contributed by atoms with Crippen molar-refractivity contribution in [2.75, 3.05) is 7.11 Å². The number of hydrogen-bond acceptors (Lipinski definition) is 6. The van der Waals surface area contributed by atoms with Crippen molar-refractivity contribution in [3.05, 3.63) is 46.5 Å². The van der Waals surface area contributed by atoms with Crippen LogP contribution in [0.1, 0.15) is 64.7 Å². The smallest absolute Gasteiger partial charge is 0.328 e. The second kappa shape index (κ2) is 11.4. The second-order valence-electron chi connectivity index (χ2n) is 11.3. The molecule has 0 aliphatic heterocycles. The van der Waals surface area contributed by atoms with Crippen molar-refractivity contribution in [2.24, 2.45) is 40.6 Å². The highest BCUT2D eigenvalue weighted by Crippen LogP contribution is 2.58. The molecule has 1 aromatic rings.